The van der Waals surface area contributed by atoms with Gasteiger partial charge in [-0.1, -0.05) is 12.1 Å². The average Bonchev–Trinajstić information content (AvgIpc) is 2.85. The normalized spacial score (nSPS) is 11.1. The second kappa shape index (κ2) is 5.93. The van der Waals surface area contributed by atoms with E-state index in [9.17, 15) is 5.11 Å². The summed E-state index contributed by atoms with van der Waals surface area (Å²) < 4.78 is 7.25. The van der Waals surface area contributed by atoms with E-state index in [1.807, 2.05) is 24.3 Å². The van der Waals surface area contributed by atoms with Gasteiger partial charge in [0.2, 0.25) is 0 Å². The van der Waals surface area contributed by atoms with Gasteiger partial charge >= 0.3 is 0 Å². The molecule has 3 rings (SSSR count). The van der Waals surface area contributed by atoms with Gasteiger partial charge in [-0.2, -0.15) is 0 Å². The van der Waals surface area contributed by atoms with E-state index >= 15 is 0 Å². The third-order valence-electron chi connectivity index (χ3n) is 3.39. The van der Waals surface area contributed by atoms with Crippen LogP contribution in [-0.2, 0) is 17.7 Å². The summed E-state index contributed by atoms with van der Waals surface area (Å²) in [6.45, 7) is 1.30. The Balaban J connectivity index is 1.99. The molecule has 0 spiro atoms. The largest absolute Gasteiger partial charge is 0.508 e. The van der Waals surface area contributed by atoms with Gasteiger partial charge in [-0.15, -0.1) is 0 Å². The molecule has 0 amide bonds. The standard InChI is InChI=1S/C16H17N3O2/c1-21-10-8-15-18-14-3-2-9-17-16(14)19(15)11-12-4-6-13(20)7-5-12/h2-7,9,20H,8,10-11H2,1H3. The van der Waals surface area contributed by atoms with Crippen molar-refractivity contribution in [2.45, 2.75) is 13.0 Å². The number of methoxy groups -OCH3 is 1. The summed E-state index contributed by atoms with van der Waals surface area (Å²) in [4.78, 5) is 9.07. The molecule has 0 saturated heterocycles. The van der Waals surface area contributed by atoms with Gasteiger partial charge in [0.1, 0.15) is 17.1 Å². The minimum atomic E-state index is 0.270. The second-order valence-electron chi connectivity index (χ2n) is 4.87. The van der Waals surface area contributed by atoms with Gasteiger partial charge in [-0.25, -0.2) is 9.97 Å². The summed E-state index contributed by atoms with van der Waals surface area (Å²) >= 11 is 0. The van der Waals surface area contributed by atoms with E-state index in [-0.39, 0.29) is 5.75 Å². The molecule has 0 aliphatic heterocycles. The van der Waals surface area contributed by atoms with Crippen molar-refractivity contribution in [1.29, 1.82) is 0 Å². The highest BCUT2D eigenvalue weighted by molar-refractivity contribution is 5.71. The van der Waals surface area contributed by atoms with Gasteiger partial charge in [-0.05, 0) is 29.8 Å². The molecule has 0 radical (unpaired) electrons. The third kappa shape index (κ3) is 2.87. The number of hydrogen-bond donors (Lipinski definition) is 1. The predicted molar refractivity (Wildman–Crippen MR) is 80.3 cm³/mol. The van der Waals surface area contributed by atoms with Crippen LogP contribution in [0, 0.1) is 0 Å². The lowest BCUT2D eigenvalue weighted by Crippen LogP contribution is -2.08. The lowest BCUT2D eigenvalue weighted by molar-refractivity contribution is 0.200. The molecule has 2 heterocycles. The first-order valence-corrected chi connectivity index (χ1v) is 6.85. The summed E-state index contributed by atoms with van der Waals surface area (Å²) in [6.07, 6.45) is 2.52. The summed E-state index contributed by atoms with van der Waals surface area (Å²) in [6, 6.07) is 11.0. The van der Waals surface area contributed by atoms with Crippen LogP contribution in [0.4, 0.5) is 0 Å². The Morgan fingerprint density at radius 3 is 2.76 bits per heavy atom. The van der Waals surface area contributed by atoms with E-state index in [0.29, 0.717) is 13.2 Å². The maximum Gasteiger partial charge on any atom is 0.160 e. The number of hydrogen-bond acceptors (Lipinski definition) is 4. The van der Waals surface area contributed by atoms with Crippen LogP contribution in [0.3, 0.4) is 0 Å². The molecule has 0 saturated carbocycles. The molecule has 5 heteroatoms. The van der Waals surface area contributed by atoms with Gasteiger partial charge in [0, 0.05) is 19.7 Å². The Hall–Kier alpha value is -2.40. The van der Waals surface area contributed by atoms with E-state index in [4.69, 9.17) is 4.74 Å². The number of nitrogens with zero attached hydrogens (tertiary/aromatic N) is 3. The highest BCUT2D eigenvalue weighted by atomic mass is 16.5. The summed E-state index contributed by atoms with van der Waals surface area (Å²) in [7, 11) is 1.69. The van der Waals surface area contributed by atoms with Crippen molar-refractivity contribution < 1.29 is 9.84 Å². The highest BCUT2D eigenvalue weighted by Gasteiger charge is 2.11. The first kappa shape index (κ1) is 13.6. The minimum Gasteiger partial charge on any atom is -0.508 e. The van der Waals surface area contributed by atoms with Crippen molar-refractivity contribution >= 4 is 11.2 Å². The highest BCUT2D eigenvalue weighted by Crippen LogP contribution is 2.18. The first-order valence-electron chi connectivity index (χ1n) is 6.85. The fraction of sp³-hybridized carbons (Fsp3) is 0.250. The van der Waals surface area contributed by atoms with Crippen molar-refractivity contribution in [2.24, 2.45) is 0 Å². The monoisotopic (exact) mass is 283 g/mol. The van der Waals surface area contributed by atoms with Gasteiger partial charge in [0.15, 0.2) is 5.65 Å². The lowest BCUT2D eigenvalue weighted by atomic mass is 10.2. The number of ether oxygens (including phenoxy) is 1. The van der Waals surface area contributed by atoms with Crippen LogP contribution in [0.2, 0.25) is 0 Å². The fourth-order valence-corrected chi connectivity index (χ4v) is 2.34. The maximum absolute atomic E-state index is 9.38. The molecule has 0 aliphatic rings. The predicted octanol–water partition coefficient (Wildman–Crippen LogP) is 2.37. The van der Waals surface area contributed by atoms with Crippen molar-refractivity contribution in [3.05, 3.63) is 54.0 Å². The Morgan fingerprint density at radius 2 is 2.00 bits per heavy atom. The van der Waals surface area contributed by atoms with Crippen LogP contribution >= 0.6 is 0 Å². The van der Waals surface area contributed by atoms with Gasteiger partial charge in [0.25, 0.3) is 0 Å². The zero-order valence-corrected chi connectivity index (χ0v) is 11.9. The number of aromatic nitrogens is 3. The number of rotatable bonds is 5. The third-order valence-corrected chi connectivity index (χ3v) is 3.39. The molecule has 21 heavy (non-hydrogen) atoms. The van der Waals surface area contributed by atoms with Crippen molar-refractivity contribution in [2.75, 3.05) is 13.7 Å². The topological polar surface area (TPSA) is 60.2 Å². The summed E-state index contributed by atoms with van der Waals surface area (Å²) in [5, 5.41) is 9.38. The Morgan fingerprint density at radius 1 is 1.19 bits per heavy atom. The number of aromatic hydroxyl groups is 1. The van der Waals surface area contributed by atoms with E-state index in [1.54, 1.807) is 25.4 Å². The van der Waals surface area contributed by atoms with E-state index in [1.165, 1.54) is 0 Å². The Bertz CT molecular complexity index is 735. The SMILES string of the molecule is COCCc1nc2cccnc2n1Cc1ccc(O)cc1. The van der Waals surface area contributed by atoms with Crippen LogP contribution < -0.4 is 0 Å². The van der Waals surface area contributed by atoms with Gasteiger partial charge in [0.05, 0.1) is 13.2 Å². The molecule has 2 aromatic heterocycles. The number of imidazole rings is 1. The van der Waals surface area contributed by atoms with Crippen molar-refractivity contribution in [1.82, 2.24) is 14.5 Å². The summed E-state index contributed by atoms with van der Waals surface area (Å²) in [5.74, 6) is 1.23. The summed E-state index contributed by atoms with van der Waals surface area (Å²) in [5.41, 5.74) is 2.86. The molecule has 108 valence electrons. The quantitative estimate of drug-likeness (QED) is 0.781. The molecule has 0 atom stereocenters. The zero-order valence-electron chi connectivity index (χ0n) is 11.9. The number of benzene rings is 1. The van der Waals surface area contributed by atoms with Crippen LogP contribution in [0.15, 0.2) is 42.6 Å². The van der Waals surface area contributed by atoms with Crippen LogP contribution in [0.25, 0.3) is 11.2 Å². The molecule has 1 aromatic carbocycles. The molecule has 0 aliphatic carbocycles. The Kier molecular flexibility index (Phi) is 3.83. The molecular formula is C16H17N3O2. The zero-order chi connectivity index (χ0) is 14.7. The van der Waals surface area contributed by atoms with Gasteiger partial charge in [-0.3, -0.25) is 0 Å². The van der Waals surface area contributed by atoms with Crippen molar-refractivity contribution in [3.8, 4) is 5.75 Å². The average molecular weight is 283 g/mol. The van der Waals surface area contributed by atoms with E-state index in [2.05, 4.69) is 14.5 Å². The molecule has 0 unspecified atom stereocenters. The lowest BCUT2D eigenvalue weighted by Gasteiger charge is -2.08. The number of phenolic OH excluding ortho intramolecular Hbond substituents is 1. The molecule has 0 bridgehead atoms. The second-order valence-corrected chi connectivity index (χ2v) is 4.87. The maximum atomic E-state index is 9.38. The molecule has 3 aromatic rings. The van der Waals surface area contributed by atoms with Crippen LogP contribution in [0.1, 0.15) is 11.4 Å². The molecular weight excluding hydrogens is 266 g/mol. The number of fused-ring (bicyclic) bond motifs is 1. The molecule has 5 nitrogen and oxygen atoms in total. The molecule has 0 fully saturated rings. The smallest absolute Gasteiger partial charge is 0.160 e. The minimum absolute atomic E-state index is 0.270. The van der Waals surface area contributed by atoms with Crippen molar-refractivity contribution in [3.63, 3.8) is 0 Å². The first-order chi connectivity index (χ1) is 10.3. The van der Waals surface area contributed by atoms with Crippen LogP contribution in [-0.4, -0.2) is 33.4 Å². The number of pyridine rings is 1. The fourth-order valence-electron chi connectivity index (χ4n) is 2.34. The van der Waals surface area contributed by atoms with E-state index in [0.717, 1.165) is 29.0 Å². The Labute approximate surface area is 122 Å². The van der Waals surface area contributed by atoms with E-state index < -0.39 is 0 Å². The van der Waals surface area contributed by atoms with Gasteiger partial charge < -0.3 is 14.4 Å². The number of phenols is 1. The molecule has 1 N–H and O–H groups in total. The van der Waals surface area contributed by atoms with Crippen LogP contribution in [0.5, 0.6) is 5.75 Å².